The quantitative estimate of drug-likeness (QED) is 0.694. The molecule has 0 aliphatic rings. The summed E-state index contributed by atoms with van der Waals surface area (Å²) in [6, 6.07) is 14.2. The van der Waals surface area contributed by atoms with Gasteiger partial charge >= 0.3 is 0 Å². The Morgan fingerprint density at radius 1 is 1.11 bits per heavy atom. The summed E-state index contributed by atoms with van der Waals surface area (Å²) >= 11 is 6.04. The van der Waals surface area contributed by atoms with Gasteiger partial charge in [0, 0.05) is 29.0 Å². The van der Waals surface area contributed by atoms with Crippen molar-refractivity contribution < 1.29 is 0 Å². The lowest BCUT2D eigenvalue weighted by atomic mass is 10.1. The van der Waals surface area contributed by atoms with Crippen molar-refractivity contribution in [1.82, 2.24) is 4.57 Å². The number of nitrogen functional groups attached to an aromatic ring is 1. The smallest absolute Gasteiger partial charge is 0.0497 e. The van der Waals surface area contributed by atoms with Crippen molar-refractivity contribution in [3.05, 3.63) is 64.8 Å². The molecule has 0 unspecified atom stereocenters. The molecule has 0 radical (unpaired) electrons. The van der Waals surface area contributed by atoms with Crippen molar-refractivity contribution in [2.75, 3.05) is 5.73 Å². The minimum Gasteiger partial charge on any atom is -0.398 e. The lowest BCUT2D eigenvalue weighted by Crippen LogP contribution is -2.01. The highest BCUT2D eigenvalue weighted by atomic mass is 35.5. The Kier molecular flexibility index (Phi) is 2.96. The van der Waals surface area contributed by atoms with E-state index in [1.165, 1.54) is 16.5 Å². The van der Waals surface area contributed by atoms with Crippen LogP contribution >= 0.6 is 11.6 Å². The summed E-state index contributed by atoms with van der Waals surface area (Å²) in [7, 11) is 0. The molecule has 2 N–H and O–H groups in total. The van der Waals surface area contributed by atoms with Crippen LogP contribution in [0.5, 0.6) is 0 Å². The molecule has 0 fully saturated rings. The number of rotatable bonds is 2. The zero-order valence-corrected chi connectivity index (χ0v) is 11.5. The number of halogens is 1. The summed E-state index contributed by atoms with van der Waals surface area (Å²) in [5, 5.41) is 1.96. The number of fused-ring (bicyclic) bond motifs is 1. The maximum Gasteiger partial charge on any atom is 0.0497 e. The summed E-state index contributed by atoms with van der Waals surface area (Å²) in [6.07, 6.45) is 2.09. The lowest BCUT2D eigenvalue weighted by Gasteiger charge is -2.09. The number of aryl methyl sites for hydroxylation is 1. The molecule has 3 aromatic rings. The van der Waals surface area contributed by atoms with E-state index in [1.54, 1.807) is 0 Å². The van der Waals surface area contributed by atoms with Gasteiger partial charge in [0.05, 0.1) is 0 Å². The van der Waals surface area contributed by atoms with Gasteiger partial charge in [-0.25, -0.2) is 0 Å². The van der Waals surface area contributed by atoms with Crippen molar-refractivity contribution in [3.8, 4) is 0 Å². The van der Waals surface area contributed by atoms with Crippen LogP contribution in [0.2, 0.25) is 5.02 Å². The van der Waals surface area contributed by atoms with E-state index in [9.17, 15) is 0 Å². The fourth-order valence-corrected chi connectivity index (χ4v) is 2.52. The Bertz CT molecular complexity index is 744. The highest BCUT2D eigenvalue weighted by Crippen LogP contribution is 2.22. The molecule has 1 aromatic heterocycles. The first-order chi connectivity index (χ1) is 9.13. The molecule has 0 bridgehead atoms. The molecule has 3 heteroatoms. The van der Waals surface area contributed by atoms with Crippen LogP contribution in [0.1, 0.15) is 11.1 Å². The summed E-state index contributed by atoms with van der Waals surface area (Å²) in [5.41, 5.74) is 10.3. The summed E-state index contributed by atoms with van der Waals surface area (Å²) < 4.78 is 2.20. The van der Waals surface area contributed by atoms with E-state index >= 15 is 0 Å². The first kappa shape index (κ1) is 12.1. The van der Waals surface area contributed by atoms with Gasteiger partial charge < -0.3 is 10.3 Å². The fraction of sp³-hybridized carbons (Fsp3) is 0.125. The van der Waals surface area contributed by atoms with Gasteiger partial charge in [-0.3, -0.25) is 0 Å². The Hall–Kier alpha value is -1.93. The molecule has 0 atom stereocenters. The number of nitrogens with two attached hydrogens (primary N) is 1. The van der Waals surface area contributed by atoms with Crippen LogP contribution in [-0.4, -0.2) is 4.57 Å². The number of hydrogen-bond donors (Lipinski definition) is 1. The first-order valence-electron chi connectivity index (χ1n) is 6.23. The van der Waals surface area contributed by atoms with E-state index < -0.39 is 0 Å². The Morgan fingerprint density at radius 3 is 2.79 bits per heavy atom. The Labute approximate surface area is 117 Å². The average molecular weight is 271 g/mol. The number of nitrogens with zero attached hydrogens (tertiary/aromatic N) is 1. The zero-order valence-electron chi connectivity index (χ0n) is 10.7. The van der Waals surface area contributed by atoms with Gasteiger partial charge in [-0.1, -0.05) is 23.7 Å². The van der Waals surface area contributed by atoms with Crippen LogP contribution < -0.4 is 5.73 Å². The minimum absolute atomic E-state index is 0.719. The standard InChI is InChI=1S/C16H15ClN2/c1-11-2-3-12-6-7-19(16(12)8-11)10-13-9-14(17)4-5-15(13)18/h2-9H,10,18H2,1H3. The number of aromatic nitrogens is 1. The van der Waals surface area contributed by atoms with Crippen LogP contribution in [0, 0.1) is 6.92 Å². The predicted octanol–water partition coefficient (Wildman–Crippen LogP) is 4.23. The molecule has 0 aliphatic heterocycles. The molecular formula is C16H15ClN2. The molecule has 0 amide bonds. The molecule has 96 valence electrons. The molecule has 0 aliphatic carbocycles. The SMILES string of the molecule is Cc1ccc2ccn(Cc3cc(Cl)ccc3N)c2c1. The largest absolute Gasteiger partial charge is 0.398 e. The minimum atomic E-state index is 0.719. The molecule has 19 heavy (non-hydrogen) atoms. The Balaban J connectivity index is 2.05. The van der Waals surface area contributed by atoms with Crippen LogP contribution in [0.15, 0.2) is 48.7 Å². The van der Waals surface area contributed by atoms with Crippen molar-refractivity contribution in [2.45, 2.75) is 13.5 Å². The maximum absolute atomic E-state index is 6.04. The van der Waals surface area contributed by atoms with E-state index in [0.29, 0.717) is 0 Å². The average Bonchev–Trinajstić information content (AvgIpc) is 2.77. The van der Waals surface area contributed by atoms with Gasteiger partial charge in [0.15, 0.2) is 0 Å². The number of benzene rings is 2. The topological polar surface area (TPSA) is 30.9 Å². The van der Waals surface area contributed by atoms with Crippen molar-refractivity contribution in [1.29, 1.82) is 0 Å². The van der Waals surface area contributed by atoms with Gasteiger partial charge in [-0.05, 0) is 53.8 Å². The predicted molar refractivity (Wildman–Crippen MR) is 81.6 cm³/mol. The van der Waals surface area contributed by atoms with Crippen LogP contribution in [0.25, 0.3) is 10.9 Å². The highest BCUT2D eigenvalue weighted by Gasteiger charge is 2.05. The van der Waals surface area contributed by atoms with Crippen LogP contribution in [0.4, 0.5) is 5.69 Å². The third-order valence-corrected chi connectivity index (χ3v) is 3.61. The molecule has 3 rings (SSSR count). The second-order valence-electron chi connectivity index (χ2n) is 4.85. The monoisotopic (exact) mass is 270 g/mol. The van der Waals surface area contributed by atoms with Crippen LogP contribution in [0.3, 0.4) is 0 Å². The fourth-order valence-electron chi connectivity index (χ4n) is 2.33. The van der Waals surface area contributed by atoms with Gasteiger partial charge in [0.1, 0.15) is 0 Å². The molecule has 0 saturated carbocycles. The Morgan fingerprint density at radius 2 is 1.95 bits per heavy atom. The summed E-state index contributed by atoms with van der Waals surface area (Å²) in [5.74, 6) is 0. The molecule has 1 heterocycles. The van der Waals surface area contributed by atoms with Crippen molar-refractivity contribution in [2.24, 2.45) is 0 Å². The normalized spacial score (nSPS) is 11.1. The zero-order chi connectivity index (χ0) is 13.4. The van der Waals surface area contributed by atoms with E-state index in [4.69, 9.17) is 17.3 Å². The maximum atomic E-state index is 6.04. The molecule has 0 spiro atoms. The second kappa shape index (κ2) is 4.63. The van der Waals surface area contributed by atoms with Gasteiger partial charge in [0.25, 0.3) is 0 Å². The third kappa shape index (κ3) is 2.32. The van der Waals surface area contributed by atoms with E-state index in [0.717, 1.165) is 22.8 Å². The molecule has 2 aromatic carbocycles. The van der Waals surface area contributed by atoms with Gasteiger partial charge in [0.2, 0.25) is 0 Å². The van der Waals surface area contributed by atoms with Crippen LogP contribution in [-0.2, 0) is 6.54 Å². The van der Waals surface area contributed by atoms with E-state index in [1.807, 2.05) is 18.2 Å². The van der Waals surface area contributed by atoms with E-state index in [2.05, 4.69) is 42.0 Å². The highest BCUT2D eigenvalue weighted by molar-refractivity contribution is 6.30. The summed E-state index contributed by atoms with van der Waals surface area (Å²) in [4.78, 5) is 0. The number of hydrogen-bond acceptors (Lipinski definition) is 1. The van der Waals surface area contributed by atoms with Crippen molar-refractivity contribution in [3.63, 3.8) is 0 Å². The molecule has 0 saturated heterocycles. The van der Waals surface area contributed by atoms with Gasteiger partial charge in [-0.2, -0.15) is 0 Å². The van der Waals surface area contributed by atoms with E-state index in [-0.39, 0.29) is 0 Å². The third-order valence-electron chi connectivity index (χ3n) is 3.38. The second-order valence-corrected chi connectivity index (χ2v) is 5.29. The molecule has 2 nitrogen and oxygen atoms in total. The van der Waals surface area contributed by atoms with Crippen molar-refractivity contribution >= 4 is 28.2 Å². The first-order valence-corrected chi connectivity index (χ1v) is 6.61. The summed E-state index contributed by atoms with van der Waals surface area (Å²) in [6.45, 7) is 2.84. The lowest BCUT2D eigenvalue weighted by molar-refractivity contribution is 0.839. The number of anilines is 1. The van der Waals surface area contributed by atoms with Gasteiger partial charge in [-0.15, -0.1) is 0 Å². The molecular weight excluding hydrogens is 256 g/mol.